The van der Waals surface area contributed by atoms with Gasteiger partial charge in [-0.2, -0.15) is 12.6 Å². The highest BCUT2D eigenvalue weighted by molar-refractivity contribution is 7.86. The van der Waals surface area contributed by atoms with Crippen molar-refractivity contribution in [3.05, 3.63) is 11.6 Å². The lowest BCUT2D eigenvalue weighted by atomic mass is 10.3. The van der Waals surface area contributed by atoms with Gasteiger partial charge < -0.3 is 0 Å². The Bertz CT molecular complexity index is 78.6. The maximum atomic E-state index is 4.12. The van der Waals surface area contributed by atoms with Crippen LogP contribution in [0, 0.1) is 0 Å². The quantitative estimate of drug-likeness (QED) is 0.355. The van der Waals surface area contributed by atoms with Crippen LogP contribution in [0.25, 0.3) is 0 Å². The van der Waals surface area contributed by atoms with Crippen LogP contribution in [-0.2, 0) is 0 Å². The second-order valence-corrected chi connectivity index (χ2v) is 3.84. The highest BCUT2D eigenvalue weighted by atomic mass is 32.1. The predicted molar refractivity (Wildman–Crippen MR) is 46.5 cm³/mol. The molecule has 0 aliphatic heterocycles. The Morgan fingerprint density at radius 2 is 2.38 bits per heavy atom. The fourth-order valence-electron chi connectivity index (χ4n) is 0.355. The molecule has 0 aliphatic rings. The highest BCUT2D eigenvalue weighted by Crippen LogP contribution is 2.14. The summed E-state index contributed by atoms with van der Waals surface area (Å²) in [6.07, 6.45) is 3.40. The van der Waals surface area contributed by atoms with Crippen LogP contribution in [-0.4, -0.2) is 11.7 Å². The number of hydrogen-bond donors (Lipinski definition) is 1. The zero-order valence-corrected chi connectivity index (χ0v) is 7.33. The van der Waals surface area contributed by atoms with Gasteiger partial charge in [0.25, 0.3) is 0 Å². The molecule has 0 saturated carbocycles. The van der Waals surface area contributed by atoms with Crippen LogP contribution >= 0.6 is 21.2 Å². The largest absolute Gasteiger partial charge is 0.175 e. The summed E-state index contributed by atoms with van der Waals surface area (Å²) in [5, 5.41) is 0. The Hall–Kier alpha value is 0.520. The van der Waals surface area contributed by atoms with E-state index in [0.717, 1.165) is 14.1 Å². The number of hydrogen-bond acceptors (Lipinski definition) is 1. The number of thiol groups is 1. The standard InChI is InChI=1S/C6H13PS/c1-3-6(2)4-7-5-8/h3,7-8H,4-5H2,1-2H3/b6-3-. The van der Waals surface area contributed by atoms with Gasteiger partial charge in [0.1, 0.15) is 0 Å². The summed E-state index contributed by atoms with van der Waals surface area (Å²) in [6.45, 7) is 4.24. The summed E-state index contributed by atoms with van der Waals surface area (Å²) in [4.78, 5) is 0. The first-order valence-corrected chi connectivity index (χ1v) is 4.79. The molecule has 0 rings (SSSR count). The molecule has 0 aromatic rings. The molecule has 1 unspecified atom stereocenters. The average Bonchev–Trinajstić information content (AvgIpc) is 1.83. The Morgan fingerprint density at radius 3 is 2.75 bits per heavy atom. The molecule has 0 spiro atoms. The second-order valence-electron chi connectivity index (χ2n) is 1.72. The minimum absolute atomic E-state index is 0.998. The monoisotopic (exact) mass is 148 g/mol. The van der Waals surface area contributed by atoms with Gasteiger partial charge in [-0.15, -0.1) is 8.58 Å². The van der Waals surface area contributed by atoms with Gasteiger partial charge in [0.2, 0.25) is 0 Å². The van der Waals surface area contributed by atoms with E-state index < -0.39 is 0 Å². The molecule has 0 nitrogen and oxygen atoms in total. The zero-order chi connectivity index (χ0) is 6.41. The third-order valence-electron chi connectivity index (χ3n) is 1.01. The summed E-state index contributed by atoms with van der Waals surface area (Å²) in [6, 6.07) is 0. The van der Waals surface area contributed by atoms with E-state index in [1.54, 1.807) is 0 Å². The first-order chi connectivity index (χ1) is 3.81. The van der Waals surface area contributed by atoms with Crippen molar-refractivity contribution in [1.82, 2.24) is 0 Å². The van der Waals surface area contributed by atoms with Crippen molar-refractivity contribution in [1.29, 1.82) is 0 Å². The predicted octanol–water partition coefficient (Wildman–Crippen LogP) is 2.52. The Labute approximate surface area is 58.9 Å². The van der Waals surface area contributed by atoms with E-state index in [1.165, 1.54) is 11.7 Å². The Balaban J connectivity index is 3.12. The van der Waals surface area contributed by atoms with Gasteiger partial charge in [-0.05, 0) is 20.0 Å². The molecule has 0 heterocycles. The minimum Gasteiger partial charge on any atom is -0.175 e. The number of allylic oxidation sites excluding steroid dienone is 2. The van der Waals surface area contributed by atoms with E-state index in [1.807, 2.05) is 0 Å². The molecule has 0 amide bonds. The third-order valence-corrected chi connectivity index (χ3v) is 2.71. The normalized spacial score (nSPS) is 13.6. The van der Waals surface area contributed by atoms with E-state index in [0.29, 0.717) is 0 Å². The van der Waals surface area contributed by atoms with Crippen LogP contribution in [0.2, 0.25) is 0 Å². The maximum Gasteiger partial charge on any atom is 0.00803 e. The van der Waals surface area contributed by atoms with Crippen LogP contribution in [0.4, 0.5) is 0 Å². The maximum absolute atomic E-state index is 4.12. The minimum atomic E-state index is 0.998. The van der Waals surface area contributed by atoms with Gasteiger partial charge in [-0.1, -0.05) is 11.6 Å². The molecule has 0 fully saturated rings. The lowest BCUT2D eigenvalue weighted by Gasteiger charge is -1.94. The molecule has 0 saturated heterocycles. The topological polar surface area (TPSA) is 0 Å². The number of rotatable bonds is 3. The van der Waals surface area contributed by atoms with E-state index in [2.05, 4.69) is 32.6 Å². The summed E-state index contributed by atoms with van der Waals surface area (Å²) in [5.74, 6) is 0. The Kier molecular flexibility index (Phi) is 6.02. The first kappa shape index (κ1) is 8.52. The van der Waals surface area contributed by atoms with Crippen LogP contribution in [0.3, 0.4) is 0 Å². The summed E-state index contributed by atoms with van der Waals surface area (Å²) in [5.41, 5.74) is 2.52. The lowest BCUT2D eigenvalue weighted by Crippen LogP contribution is -1.75. The molecule has 0 aromatic heterocycles. The van der Waals surface area contributed by atoms with Crippen molar-refractivity contribution < 1.29 is 0 Å². The fraction of sp³-hybridized carbons (Fsp3) is 0.667. The molecule has 0 aliphatic carbocycles. The van der Waals surface area contributed by atoms with E-state index in [-0.39, 0.29) is 0 Å². The summed E-state index contributed by atoms with van der Waals surface area (Å²) in [7, 11) is 0.998. The van der Waals surface area contributed by atoms with E-state index >= 15 is 0 Å². The molecule has 0 bridgehead atoms. The average molecular weight is 148 g/mol. The van der Waals surface area contributed by atoms with Crippen molar-refractivity contribution in [3.8, 4) is 0 Å². The summed E-state index contributed by atoms with van der Waals surface area (Å²) >= 11 is 4.12. The fourth-order valence-corrected chi connectivity index (χ4v) is 1.40. The molecule has 0 aromatic carbocycles. The first-order valence-electron chi connectivity index (χ1n) is 2.74. The molecular formula is C6H13PS. The van der Waals surface area contributed by atoms with Crippen molar-refractivity contribution in [2.45, 2.75) is 13.8 Å². The van der Waals surface area contributed by atoms with Crippen molar-refractivity contribution >= 4 is 21.2 Å². The van der Waals surface area contributed by atoms with Crippen LogP contribution in [0.1, 0.15) is 13.8 Å². The molecule has 8 heavy (non-hydrogen) atoms. The van der Waals surface area contributed by atoms with E-state index in [9.17, 15) is 0 Å². The Morgan fingerprint density at radius 1 is 1.75 bits per heavy atom. The highest BCUT2D eigenvalue weighted by Gasteiger charge is 1.83. The van der Waals surface area contributed by atoms with Crippen molar-refractivity contribution in [2.24, 2.45) is 0 Å². The molecular weight excluding hydrogens is 135 g/mol. The summed E-state index contributed by atoms with van der Waals surface area (Å²) < 4.78 is 0. The van der Waals surface area contributed by atoms with Crippen LogP contribution in [0.15, 0.2) is 11.6 Å². The smallest absolute Gasteiger partial charge is 0.00803 e. The van der Waals surface area contributed by atoms with Crippen LogP contribution in [0.5, 0.6) is 0 Å². The molecule has 0 radical (unpaired) electrons. The zero-order valence-electron chi connectivity index (χ0n) is 5.44. The van der Waals surface area contributed by atoms with E-state index in [4.69, 9.17) is 0 Å². The van der Waals surface area contributed by atoms with Gasteiger partial charge in [0.15, 0.2) is 0 Å². The molecule has 48 valence electrons. The van der Waals surface area contributed by atoms with Gasteiger partial charge in [-0.3, -0.25) is 0 Å². The van der Waals surface area contributed by atoms with Crippen molar-refractivity contribution in [3.63, 3.8) is 0 Å². The molecule has 2 heteroatoms. The van der Waals surface area contributed by atoms with Gasteiger partial charge in [-0.25, -0.2) is 0 Å². The molecule has 0 N–H and O–H groups in total. The van der Waals surface area contributed by atoms with Gasteiger partial charge in [0, 0.05) is 5.49 Å². The van der Waals surface area contributed by atoms with Gasteiger partial charge in [0.05, 0.1) is 0 Å². The van der Waals surface area contributed by atoms with Gasteiger partial charge >= 0.3 is 0 Å². The lowest BCUT2D eigenvalue weighted by molar-refractivity contribution is 1.37. The van der Waals surface area contributed by atoms with Crippen molar-refractivity contribution in [2.75, 3.05) is 11.7 Å². The van der Waals surface area contributed by atoms with Crippen LogP contribution < -0.4 is 0 Å². The molecule has 1 atom stereocenters. The second kappa shape index (κ2) is 5.65. The SMILES string of the molecule is C/C=C(/C)CPCS. The third kappa shape index (κ3) is 4.67.